The second-order valence-corrected chi connectivity index (χ2v) is 4.66. The summed E-state index contributed by atoms with van der Waals surface area (Å²) < 4.78 is 25.7. The van der Waals surface area contributed by atoms with Crippen molar-refractivity contribution in [2.75, 3.05) is 0 Å². The molecule has 1 rings (SSSR count). The quantitative estimate of drug-likeness (QED) is 0.723. The number of hydrogen-bond donors (Lipinski definition) is 3. The Kier molecular flexibility index (Phi) is 6.58. The zero-order chi connectivity index (χ0) is 15.8. The molecule has 0 bridgehead atoms. The Hall–Kier alpha value is -2.18. The summed E-state index contributed by atoms with van der Waals surface area (Å²) in [5.74, 6) is -2.92. The van der Waals surface area contributed by atoms with Crippen molar-refractivity contribution in [1.82, 2.24) is 10.6 Å². The monoisotopic (exact) mass is 300 g/mol. The van der Waals surface area contributed by atoms with E-state index in [1.165, 1.54) is 6.07 Å². The summed E-state index contributed by atoms with van der Waals surface area (Å²) >= 11 is 0. The van der Waals surface area contributed by atoms with Crippen LogP contribution in [0.3, 0.4) is 0 Å². The van der Waals surface area contributed by atoms with E-state index in [-0.39, 0.29) is 13.0 Å². The first-order valence-corrected chi connectivity index (χ1v) is 6.62. The summed E-state index contributed by atoms with van der Waals surface area (Å²) in [5, 5.41) is 13.8. The Bertz CT molecular complexity index is 509. The summed E-state index contributed by atoms with van der Waals surface area (Å²) in [4.78, 5) is 22.3. The average Bonchev–Trinajstić information content (AvgIpc) is 2.39. The third kappa shape index (κ3) is 6.20. The molecule has 1 unspecified atom stereocenters. The molecule has 2 amide bonds. The van der Waals surface area contributed by atoms with Crippen LogP contribution in [0.2, 0.25) is 0 Å². The van der Waals surface area contributed by atoms with Crippen LogP contribution in [0.25, 0.3) is 0 Å². The molecule has 21 heavy (non-hydrogen) atoms. The highest BCUT2D eigenvalue weighted by molar-refractivity contribution is 5.75. The van der Waals surface area contributed by atoms with Crippen molar-refractivity contribution < 1.29 is 23.5 Å². The zero-order valence-corrected chi connectivity index (χ0v) is 11.7. The van der Waals surface area contributed by atoms with Gasteiger partial charge >= 0.3 is 12.0 Å². The number of benzene rings is 1. The molecule has 5 nitrogen and oxygen atoms in total. The lowest BCUT2D eigenvalue weighted by atomic mass is 10.1. The van der Waals surface area contributed by atoms with E-state index >= 15 is 0 Å². The second-order valence-electron chi connectivity index (χ2n) is 4.66. The van der Waals surface area contributed by atoms with Crippen LogP contribution in [0.4, 0.5) is 13.6 Å². The predicted molar refractivity (Wildman–Crippen MR) is 72.7 cm³/mol. The SMILES string of the molecule is CCCC(CC(=O)O)NC(=O)NCc1ccc(F)c(F)c1. The van der Waals surface area contributed by atoms with Crippen LogP contribution in [0.1, 0.15) is 31.7 Å². The molecule has 0 heterocycles. The summed E-state index contributed by atoms with van der Waals surface area (Å²) in [6.07, 6.45) is 1.12. The van der Waals surface area contributed by atoms with E-state index in [0.29, 0.717) is 12.0 Å². The van der Waals surface area contributed by atoms with Gasteiger partial charge in [-0.25, -0.2) is 13.6 Å². The van der Waals surface area contributed by atoms with Gasteiger partial charge in [-0.05, 0) is 24.1 Å². The minimum Gasteiger partial charge on any atom is -0.481 e. The molecule has 3 N–H and O–H groups in total. The maximum Gasteiger partial charge on any atom is 0.315 e. The maximum absolute atomic E-state index is 13.0. The van der Waals surface area contributed by atoms with Gasteiger partial charge in [0.2, 0.25) is 0 Å². The average molecular weight is 300 g/mol. The van der Waals surface area contributed by atoms with E-state index in [0.717, 1.165) is 18.6 Å². The van der Waals surface area contributed by atoms with E-state index in [9.17, 15) is 18.4 Å². The zero-order valence-electron chi connectivity index (χ0n) is 11.7. The second kappa shape index (κ2) is 8.18. The summed E-state index contributed by atoms with van der Waals surface area (Å²) in [6.45, 7) is 1.91. The molecule has 116 valence electrons. The first kappa shape index (κ1) is 16.9. The van der Waals surface area contributed by atoms with Gasteiger partial charge in [0.15, 0.2) is 11.6 Å². The molecule has 0 saturated heterocycles. The lowest BCUT2D eigenvalue weighted by Crippen LogP contribution is -2.42. The summed E-state index contributed by atoms with van der Waals surface area (Å²) in [7, 11) is 0. The maximum atomic E-state index is 13.0. The van der Waals surface area contributed by atoms with Gasteiger partial charge in [-0.15, -0.1) is 0 Å². The third-order valence-corrected chi connectivity index (χ3v) is 2.83. The largest absolute Gasteiger partial charge is 0.481 e. The number of rotatable bonds is 7. The molecule has 0 spiro atoms. The molecule has 0 aliphatic carbocycles. The van der Waals surface area contributed by atoms with Crippen LogP contribution in [0, 0.1) is 11.6 Å². The van der Waals surface area contributed by atoms with Crippen molar-refractivity contribution in [3.8, 4) is 0 Å². The van der Waals surface area contributed by atoms with Crippen molar-refractivity contribution in [1.29, 1.82) is 0 Å². The minimum absolute atomic E-state index is 0.0228. The molecular formula is C14H18F2N2O3. The van der Waals surface area contributed by atoms with Crippen molar-refractivity contribution in [3.05, 3.63) is 35.4 Å². The van der Waals surface area contributed by atoms with Gasteiger partial charge < -0.3 is 15.7 Å². The molecule has 0 saturated carbocycles. The standard InChI is InChI=1S/C14H18F2N2O3/c1-2-3-10(7-13(19)20)18-14(21)17-8-9-4-5-11(15)12(16)6-9/h4-6,10H,2-3,7-8H2,1H3,(H,19,20)(H2,17,18,21). The van der Waals surface area contributed by atoms with E-state index in [1.807, 2.05) is 6.92 Å². The van der Waals surface area contributed by atoms with E-state index in [2.05, 4.69) is 10.6 Å². The number of urea groups is 1. The Labute approximate surface area is 121 Å². The van der Waals surface area contributed by atoms with Gasteiger partial charge in [-0.1, -0.05) is 19.4 Å². The fourth-order valence-electron chi connectivity index (χ4n) is 1.85. The van der Waals surface area contributed by atoms with Crippen LogP contribution in [-0.2, 0) is 11.3 Å². The molecule has 1 aromatic carbocycles. The number of amides is 2. The molecule has 0 aromatic heterocycles. The molecule has 1 aromatic rings. The van der Waals surface area contributed by atoms with Gasteiger partial charge in [0, 0.05) is 12.6 Å². The van der Waals surface area contributed by atoms with Crippen molar-refractivity contribution in [3.63, 3.8) is 0 Å². The predicted octanol–water partition coefficient (Wildman–Crippen LogP) is 2.41. The molecule has 7 heteroatoms. The number of nitrogens with one attached hydrogen (secondary N) is 2. The molecule has 1 atom stereocenters. The molecule has 0 fully saturated rings. The van der Waals surface area contributed by atoms with E-state index < -0.39 is 29.7 Å². The van der Waals surface area contributed by atoms with Crippen LogP contribution in [0.15, 0.2) is 18.2 Å². The minimum atomic E-state index is -0.991. The van der Waals surface area contributed by atoms with Gasteiger partial charge in [-0.2, -0.15) is 0 Å². The van der Waals surface area contributed by atoms with Crippen LogP contribution >= 0.6 is 0 Å². The molecule has 0 aliphatic rings. The molecular weight excluding hydrogens is 282 g/mol. The molecule has 0 radical (unpaired) electrons. The topological polar surface area (TPSA) is 78.4 Å². The van der Waals surface area contributed by atoms with Crippen LogP contribution in [0.5, 0.6) is 0 Å². The highest BCUT2D eigenvalue weighted by Gasteiger charge is 2.15. The highest BCUT2D eigenvalue weighted by atomic mass is 19.2. The lowest BCUT2D eigenvalue weighted by molar-refractivity contribution is -0.137. The van der Waals surface area contributed by atoms with Gasteiger partial charge in [-0.3, -0.25) is 4.79 Å². The summed E-state index contributed by atoms with van der Waals surface area (Å²) in [6, 6.07) is 2.33. The van der Waals surface area contributed by atoms with Crippen molar-refractivity contribution in [2.45, 2.75) is 38.8 Å². The lowest BCUT2D eigenvalue weighted by Gasteiger charge is -2.16. The Morgan fingerprint density at radius 1 is 1.29 bits per heavy atom. The third-order valence-electron chi connectivity index (χ3n) is 2.83. The number of carbonyl (C=O) groups is 2. The van der Waals surface area contributed by atoms with Crippen LogP contribution < -0.4 is 10.6 Å². The normalized spacial score (nSPS) is 11.8. The first-order chi connectivity index (χ1) is 9.92. The molecule has 0 aliphatic heterocycles. The van der Waals surface area contributed by atoms with Gasteiger partial charge in [0.25, 0.3) is 0 Å². The Balaban J connectivity index is 2.48. The van der Waals surface area contributed by atoms with E-state index in [1.54, 1.807) is 0 Å². The highest BCUT2D eigenvalue weighted by Crippen LogP contribution is 2.08. The van der Waals surface area contributed by atoms with Crippen molar-refractivity contribution >= 4 is 12.0 Å². The number of halogens is 2. The number of carbonyl (C=O) groups excluding carboxylic acids is 1. The summed E-state index contributed by atoms with van der Waals surface area (Å²) in [5.41, 5.74) is 0.411. The fourth-order valence-corrected chi connectivity index (χ4v) is 1.85. The van der Waals surface area contributed by atoms with E-state index in [4.69, 9.17) is 5.11 Å². The number of hydrogen-bond acceptors (Lipinski definition) is 2. The number of carboxylic acid groups (broad SMARTS) is 1. The smallest absolute Gasteiger partial charge is 0.315 e. The number of aliphatic carboxylic acids is 1. The fraction of sp³-hybridized carbons (Fsp3) is 0.429. The Morgan fingerprint density at radius 2 is 2.00 bits per heavy atom. The van der Waals surface area contributed by atoms with Crippen molar-refractivity contribution in [2.24, 2.45) is 0 Å². The van der Waals surface area contributed by atoms with Crippen LogP contribution in [-0.4, -0.2) is 23.1 Å². The Morgan fingerprint density at radius 3 is 2.57 bits per heavy atom. The van der Waals surface area contributed by atoms with Gasteiger partial charge in [0.1, 0.15) is 0 Å². The van der Waals surface area contributed by atoms with Gasteiger partial charge in [0.05, 0.1) is 6.42 Å². The number of carboxylic acids is 1. The first-order valence-electron chi connectivity index (χ1n) is 6.62.